The lowest BCUT2D eigenvalue weighted by molar-refractivity contribution is 0.104. The number of hydrogen-bond donors (Lipinski definition) is 1. The Morgan fingerprint density at radius 3 is 1.96 bits per heavy atom. The van der Waals surface area contributed by atoms with Crippen molar-refractivity contribution in [1.29, 1.82) is 0 Å². The molecule has 0 aliphatic carbocycles. The van der Waals surface area contributed by atoms with Crippen molar-refractivity contribution >= 4 is 11.5 Å². The zero-order chi connectivity index (χ0) is 18.2. The number of nitrogens with one attached hydrogen (secondary N) is 1. The Balaban J connectivity index is 2.11. The van der Waals surface area contributed by atoms with Gasteiger partial charge < -0.3 is 24.3 Å². The first-order valence-electron chi connectivity index (χ1n) is 7.54. The summed E-state index contributed by atoms with van der Waals surface area (Å²) in [5, 5.41) is 3.03. The van der Waals surface area contributed by atoms with Gasteiger partial charge in [-0.15, -0.1) is 0 Å². The monoisotopic (exact) mass is 343 g/mol. The molecule has 0 aliphatic rings. The molecular formula is C19H21NO5. The average Bonchev–Trinajstić information content (AvgIpc) is 2.66. The first-order chi connectivity index (χ1) is 12.1. The van der Waals surface area contributed by atoms with Crippen LogP contribution in [0.25, 0.3) is 0 Å². The predicted octanol–water partition coefficient (Wildman–Crippen LogP) is 3.53. The van der Waals surface area contributed by atoms with E-state index in [0.717, 1.165) is 0 Å². The van der Waals surface area contributed by atoms with E-state index in [4.69, 9.17) is 18.9 Å². The van der Waals surface area contributed by atoms with E-state index >= 15 is 0 Å². The van der Waals surface area contributed by atoms with Crippen LogP contribution in [0.2, 0.25) is 0 Å². The van der Waals surface area contributed by atoms with Gasteiger partial charge in [-0.25, -0.2) is 0 Å². The topological polar surface area (TPSA) is 66.0 Å². The smallest absolute Gasteiger partial charge is 0.203 e. The number of methoxy groups -OCH3 is 4. The van der Waals surface area contributed by atoms with Crippen LogP contribution >= 0.6 is 0 Å². The van der Waals surface area contributed by atoms with E-state index in [2.05, 4.69) is 5.32 Å². The van der Waals surface area contributed by atoms with Crippen LogP contribution in [-0.2, 0) is 0 Å². The number of ketones is 1. The van der Waals surface area contributed by atoms with Gasteiger partial charge in [0.15, 0.2) is 17.3 Å². The van der Waals surface area contributed by atoms with Gasteiger partial charge in [0.05, 0.1) is 28.4 Å². The third kappa shape index (κ3) is 4.44. The predicted molar refractivity (Wildman–Crippen MR) is 96.2 cm³/mol. The first-order valence-corrected chi connectivity index (χ1v) is 7.54. The van der Waals surface area contributed by atoms with Gasteiger partial charge in [0.1, 0.15) is 5.75 Å². The summed E-state index contributed by atoms with van der Waals surface area (Å²) in [6.07, 6.45) is 3.01. The standard InChI is InChI=1S/C19H21NO5/c1-22-15-7-5-13(6-8-15)16(21)9-10-20-14-11-17(23-2)19(25-4)18(12-14)24-3/h5-12,20H,1-4H3/b10-9-. The molecule has 0 aliphatic heterocycles. The minimum Gasteiger partial charge on any atom is -0.497 e. The number of carbonyl (C=O) groups is 1. The Kier molecular flexibility index (Phi) is 6.28. The molecule has 25 heavy (non-hydrogen) atoms. The number of hydrogen-bond acceptors (Lipinski definition) is 6. The summed E-state index contributed by atoms with van der Waals surface area (Å²) in [5.41, 5.74) is 1.28. The molecule has 0 heterocycles. The summed E-state index contributed by atoms with van der Waals surface area (Å²) in [5.74, 6) is 2.14. The van der Waals surface area contributed by atoms with Gasteiger partial charge in [0, 0.05) is 35.7 Å². The van der Waals surface area contributed by atoms with E-state index in [1.54, 1.807) is 71.0 Å². The summed E-state index contributed by atoms with van der Waals surface area (Å²) < 4.78 is 20.9. The van der Waals surface area contributed by atoms with E-state index in [1.165, 1.54) is 6.08 Å². The third-order valence-corrected chi connectivity index (χ3v) is 3.52. The molecule has 0 spiro atoms. The minimum absolute atomic E-state index is 0.123. The zero-order valence-electron chi connectivity index (χ0n) is 14.7. The van der Waals surface area contributed by atoms with Crippen LogP contribution in [0.15, 0.2) is 48.7 Å². The maximum atomic E-state index is 12.1. The average molecular weight is 343 g/mol. The fourth-order valence-corrected chi connectivity index (χ4v) is 2.23. The van der Waals surface area contributed by atoms with Gasteiger partial charge in [-0.3, -0.25) is 4.79 Å². The van der Waals surface area contributed by atoms with Gasteiger partial charge >= 0.3 is 0 Å². The molecule has 0 bridgehead atoms. The van der Waals surface area contributed by atoms with Crippen molar-refractivity contribution in [3.05, 3.63) is 54.2 Å². The molecule has 0 saturated carbocycles. The van der Waals surface area contributed by atoms with Crippen LogP contribution in [-0.4, -0.2) is 34.2 Å². The number of allylic oxidation sites excluding steroid dienone is 1. The van der Waals surface area contributed by atoms with Crippen LogP contribution in [0.5, 0.6) is 23.0 Å². The number of anilines is 1. The molecule has 6 nitrogen and oxygen atoms in total. The molecule has 0 saturated heterocycles. The molecule has 132 valence electrons. The maximum absolute atomic E-state index is 12.1. The lowest BCUT2D eigenvalue weighted by atomic mass is 10.1. The largest absolute Gasteiger partial charge is 0.497 e. The van der Waals surface area contributed by atoms with Crippen molar-refractivity contribution in [2.45, 2.75) is 0 Å². The van der Waals surface area contributed by atoms with Crippen molar-refractivity contribution in [2.24, 2.45) is 0 Å². The second-order valence-corrected chi connectivity index (χ2v) is 4.98. The second kappa shape index (κ2) is 8.63. The fraction of sp³-hybridized carbons (Fsp3) is 0.211. The highest BCUT2D eigenvalue weighted by Crippen LogP contribution is 2.39. The summed E-state index contributed by atoms with van der Waals surface area (Å²) in [6, 6.07) is 10.4. The molecule has 1 N–H and O–H groups in total. The Labute approximate surface area is 147 Å². The van der Waals surface area contributed by atoms with Gasteiger partial charge in [-0.2, -0.15) is 0 Å². The van der Waals surface area contributed by atoms with Crippen LogP contribution < -0.4 is 24.3 Å². The normalized spacial score (nSPS) is 10.4. The molecule has 2 aromatic carbocycles. The molecular weight excluding hydrogens is 322 g/mol. The van der Waals surface area contributed by atoms with E-state index < -0.39 is 0 Å². The van der Waals surface area contributed by atoms with E-state index in [-0.39, 0.29) is 5.78 Å². The van der Waals surface area contributed by atoms with Crippen molar-refractivity contribution in [3.8, 4) is 23.0 Å². The molecule has 2 aromatic rings. The van der Waals surface area contributed by atoms with E-state index in [9.17, 15) is 4.79 Å². The Bertz CT molecular complexity index is 728. The van der Waals surface area contributed by atoms with Crippen LogP contribution in [0.3, 0.4) is 0 Å². The minimum atomic E-state index is -0.123. The van der Waals surface area contributed by atoms with Crippen molar-refractivity contribution in [2.75, 3.05) is 33.8 Å². The SMILES string of the molecule is COc1ccc(C(=O)/C=C\Nc2cc(OC)c(OC)c(OC)c2)cc1. The summed E-state index contributed by atoms with van der Waals surface area (Å²) in [4.78, 5) is 12.1. The van der Waals surface area contributed by atoms with E-state index in [1.807, 2.05) is 0 Å². The molecule has 0 amide bonds. The molecule has 0 aromatic heterocycles. The molecule has 0 radical (unpaired) electrons. The van der Waals surface area contributed by atoms with Crippen molar-refractivity contribution in [1.82, 2.24) is 0 Å². The van der Waals surface area contributed by atoms with Crippen molar-refractivity contribution < 1.29 is 23.7 Å². The number of rotatable bonds is 8. The number of carbonyl (C=O) groups excluding carboxylic acids is 1. The highest BCUT2D eigenvalue weighted by molar-refractivity contribution is 6.04. The van der Waals surface area contributed by atoms with Gasteiger partial charge in [0.25, 0.3) is 0 Å². The second-order valence-electron chi connectivity index (χ2n) is 4.98. The van der Waals surface area contributed by atoms with Crippen LogP contribution in [0.4, 0.5) is 5.69 Å². The van der Waals surface area contributed by atoms with Crippen LogP contribution in [0, 0.1) is 0 Å². The lowest BCUT2D eigenvalue weighted by Crippen LogP contribution is -1.99. The summed E-state index contributed by atoms with van der Waals surface area (Å²) in [6.45, 7) is 0. The van der Waals surface area contributed by atoms with Crippen LogP contribution in [0.1, 0.15) is 10.4 Å². The molecule has 0 fully saturated rings. The van der Waals surface area contributed by atoms with Crippen molar-refractivity contribution in [3.63, 3.8) is 0 Å². The number of ether oxygens (including phenoxy) is 4. The van der Waals surface area contributed by atoms with Gasteiger partial charge in [-0.1, -0.05) is 0 Å². The highest BCUT2D eigenvalue weighted by Gasteiger charge is 2.12. The first kappa shape index (κ1) is 18.2. The molecule has 2 rings (SSSR count). The maximum Gasteiger partial charge on any atom is 0.203 e. The summed E-state index contributed by atoms with van der Waals surface area (Å²) >= 11 is 0. The Morgan fingerprint density at radius 1 is 0.880 bits per heavy atom. The fourth-order valence-electron chi connectivity index (χ4n) is 2.23. The van der Waals surface area contributed by atoms with Gasteiger partial charge in [0.2, 0.25) is 5.75 Å². The van der Waals surface area contributed by atoms with Gasteiger partial charge in [-0.05, 0) is 24.3 Å². The Hall–Kier alpha value is -3.15. The Morgan fingerprint density at radius 2 is 1.48 bits per heavy atom. The summed E-state index contributed by atoms with van der Waals surface area (Å²) in [7, 11) is 6.22. The van der Waals surface area contributed by atoms with E-state index in [0.29, 0.717) is 34.2 Å². The third-order valence-electron chi connectivity index (χ3n) is 3.52. The molecule has 0 unspecified atom stereocenters. The number of benzene rings is 2. The lowest BCUT2D eigenvalue weighted by Gasteiger charge is -2.13. The zero-order valence-corrected chi connectivity index (χ0v) is 14.7. The molecule has 6 heteroatoms. The molecule has 0 atom stereocenters. The quantitative estimate of drug-likeness (QED) is 0.584. The highest BCUT2D eigenvalue weighted by atomic mass is 16.5.